The third kappa shape index (κ3) is 2.42. The molecule has 0 fully saturated rings. The lowest BCUT2D eigenvalue weighted by Crippen LogP contribution is -2.07. The first-order valence-corrected chi connectivity index (χ1v) is 4.07. The number of aromatic nitrogens is 1. The van der Waals surface area contributed by atoms with E-state index in [0.29, 0.717) is 5.92 Å². The van der Waals surface area contributed by atoms with Crippen LogP contribution in [0, 0.1) is 5.92 Å². The van der Waals surface area contributed by atoms with Gasteiger partial charge in [-0.15, -0.1) is 0 Å². The summed E-state index contributed by atoms with van der Waals surface area (Å²) >= 11 is 0. The molecule has 0 aliphatic heterocycles. The molecule has 0 spiro atoms. The van der Waals surface area contributed by atoms with Gasteiger partial charge in [0.05, 0.1) is 11.9 Å². The summed E-state index contributed by atoms with van der Waals surface area (Å²) in [6, 6.07) is 1.76. The smallest absolute Gasteiger partial charge is 0.157 e. The van der Waals surface area contributed by atoms with Crippen molar-refractivity contribution in [3.8, 4) is 5.75 Å². The van der Waals surface area contributed by atoms with Crippen LogP contribution in [0.3, 0.4) is 0 Å². The average Bonchev–Trinajstić information content (AvgIpc) is 2.03. The summed E-state index contributed by atoms with van der Waals surface area (Å²) in [5, 5.41) is 12.4. The van der Waals surface area contributed by atoms with E-state index in [2.05, 4.69) is 24.1 Å². The van der Waals surface area contributed by atoms with Crippen LogP contribution >= 0.6 is 0 Å². The predicted octanol–water partition coefficient (Wildman–Crippen LogP) is 1.86. The van der Waals surface area contributed by atoms with Gasteiger partial charge in [0.25, 0.3) is 0 Å². The molecule has 0 unspecified atom stereocenters. The lowest BCUT2D eigenvalue weighted by Gasteiger charge is -2.09. The average molecular weight is 166 g/mol. The van der Waals surface area contributed by atoms with E-state index >= 15 is 0 Å². The van der Waals surface area contributed by atoms with E-state index in [1.807, 2.05) is 0 Å². The van der Waals surface area contributed by atoms with Gasteiger partial charge < -0.3 is 10.4 Å². The van der Waals surface area contributed by atoms with Crippen molar-refractivity contribution in [2.75, 3.05) is 11.9 Å². The number of rotatable bonds is 3. The molecule has 3 nitrogen and oxygen atoms in total. The molecule has 0 aromatic carbocycles. The molecule has 12 heavy (non-hydrogen) atoms. The number of aromatic hydroxyl groups is 1. The fourth-order valence-electron chi connectivity index (χ4n) is 0.850. The second kappa shape index (κ2) is 3.95. The van der Waals surface area contributed by atoms with Crippen molar-refractivity contribution in [1.82, 2.24) is 4.98 Å². The Morgan fingerprint density at radius 1 is 1.58 bits per heavy atom. The van der Waals surface area contributed by atoms with E-state index < -0.39 is 0 Å². The number of pyridine rings is 1. The molecule has 1 aromatic heterocycles. The van der Waals surface area contributed by atoms with Gasteiger partial charge in [0.2, 0.25) is 0 Å². The Labute approximate surface area is 72.5 Å². The number of nitrogens with one attached hydrogen (secondary N) is 1. The highest BCUT2D eigenvalue weighted by Crippen LogP contribution is 2.19. The van der Waals surface area contributed by atoms with Crippen molar-refractivity contribution < 1.29 is 5.11 Å². The van der Waals surface area contributed by atoms with Gasteiger partial charge >= 0.3 is 0 Å². The van der Waals surface area contributed by atoms with Crippen LogP contribution in [0.1, 0.15) is 13.8 Å². The molecule has 0 bridgehead atoms. The zero-order chi connectivity index (χ0) is 8.97. The van der Waals surface area contributed by atoms with E-state index in [4.69, 9.17) is 0 Å². The SMILES string of the molecule is CC(C)CNc1ccncc1O. The van der Waals surface area contributed by atoms with Gasteiger partial charge in [-0.05, 0) is 12.0 Å². The number of hydrogen-bond donors (Lipinski definition) is 2. The van der Waals surface area contributed by atoms with Crippen molar-refractivity contribution in [2.45, 2.75) is 13.8 Å². The number of nitrogens with zero attached hydrogens (tertiary/aromatic N) is 1. The molecule has 1 aromatic rings. The van der Waals surface area contributed by atoms with Gasteiger partial charge in [-0.1, -0.05) is 13.8 Å². The van der Waals surface area contributed by atoms with E-state index in [1.54, 1.807) is 12.3 Å². The highest BCUT2D eigenvalue weighted by Gasteiger charge is 1.99. The van der Waals surface area contributed by atoms with E-state index in [9.17, 15) is 5.11 Å². The molecule has 0 saturated carbocycles. The van der Waals surface area contributed by atoms with Gasteiger partial charge in [0.1, 0.15) is 0 Å². The first-order chi connectivity index (χ1) is 5.70. The molecule has 1 rings (SSSR count). The molecule has 3 heteroatoms. The Morgan fingerprint density at radius 3 is 2.92 bits per heavy atom. The third-order valence-electron chi connectivity index (χ3n) is 1.50. The Kier molecular flexibility index (Phi) is 2.91. The standard InChI is InChI=1S/C9H14N2O/c1-7(2)5-11-8-3-4-10-6-9(8)12/h3-4,6-7,12H,5H2,1-2H3,(H,10,11). The summed E-state index contributed by atoms with van der Waals surface area (Å²) in [6.45, 7) is 5.09. The van der Waals surface area contributed by atoms with Crippen LogP contribution in [0.15, 0.2) is 18.5 Å². The fraction of sp³-hybridized carbons (Fsp3) is 0.444. The predicted molar refractivity (Wildman–Crippen MR) is 49.2 cm³/mol. The van der Waals surface area contributed by atoms with Gasteiger partial charge in [-0.2, -0.15) is 0 Å². The number of hydrogen-bond acceptors (Lipinski definition) is 3. The van der Waals surface area contributed by atoms with Gasteiger partial charge in [0.15, 0.2) is 5.75 Å². The molecular formula is C9H14N2O. The topological polar surface area (TPSA) is 45.2 Å². The van der Waals surface area contributed by atoms with E-state index in [-0.39, 0.29) is 5.75 Å². The van der Waals surface area contributed by atoms with Gasteiger partial charge in [-0.3, -0.25) is 4.98 Å². The summed E-state index contributed by atoms with van der Waals surface area (Å²) in [7, 11) is 0. The maximum Gasteiger partial charge on any atom is 0.157 e. The normalized spacial score (nSPS) is 10.2. The van der Waals surface area contributed by atoms with Crippen LogP contribution in [0.5, 0.6) is 5.75 Å². The quantitative estimate of drug-likeness (QED) is 0.720. The molecule has 1 heterocycles. The Morgan fingerprint density at radius 2 is 2.33 bits per heavy atom. The minimum Gasteiger partial charge on any atom is -0.504 e. The summed E-state index contributed by atoms with van der Waals surface area (Å²) in [6.07, 6.45) is 3.09. The zero-order valence-corrected chi connectivity index (χ0v) is 7.41. The molecule has 0 aliphatic carbocycles. The van der Waals surface area contributed by atoms with Crippen LogP contribution in [0.25, 0.3) is 0 Å². The van der Waals surface area contributed by atoms with E-state index in [0.717, 1.165) is 12.2 Å². The molecule has 0 saturated heterocycles. The van der Waals surface area contributed by atoms with Crippen LogP contribution in [-0.2, 0) is 0 Å². The maximum atomic E-state index is 9.30. The highest BCUT2D eigenvalue weighted by atomic mass is 16.3. The fourth-order valence-corrected chi connectivity index (χ4v) is 0.850. The zero-order valence-electron chi connectivity index (χ0n) is 7.41. The second-order valence-electron chi connectivity index (χ2n) is 3.17. The molecule has 0 radical (unpaired) electrons. The number of anilines is 1. The molecule has 0 amide bonds. The minimum atomic E-state index is 0.207. The largest absolute Gasteiger partial charge is 0.504 e. The first kappa shape index (κ1) is 8.84. The first-order valence-electron chi connectivity index (χ1n) is 4.07. The van der Waals surface area contributed by atoms with Crippen LogP contribution < -0.4 is 5.32 Å². The van der Waals surface area contributed by atoms with Crippen LogP contribution in [-0.4, -0.2) is 16.6 Å². The molecule has 0 atom stereocenters. The minimum absolute atomic E-state index is 0.207. The summed E-state index contributed by atoms with van der Waals surface area (Å²) in [5.41, 5.74) is 0.749. The molecule has 2 N–H and O–H groups in total. The van der Waals surface area contributed by atoms with E-state index in [1.165, 1.54) is 6.20 Å². The molecular weight excluding hydrogens is 152 g/mol. The highest BCUT2D eigenvalue weighted by molar-refractivity contribution is 5.53. The molecule has 66 valence electrons. The third-order valence-corrected chi connectivity index (χ3v) is 1.50. The lowest BCUT2D eigenvalue weighted by molar-refractivity contribution is 0.474. The Balaban J connectivity index is 2.57. The van der Waals surface area contributed by atoms with Crippen LogP contribution in [0.2, 0.25) is 0 Å². The van der Waals surface area contributed by atoms with Crippen molar-refractivity contribution in [3.63, 3.8) is 0 Å². The maximum absolute atomic E-state index is 9.30. The second-order valence-corrected chi connectivity index (χ2v) is 3.17. The summed E-state index contributed by atoms with van der Waals surface area (Å²) in [5.74, 6) is 0.774. The molecule has 0 aliphatic rings. The lowest BCUT2D eigenvalue weighted by atomic mass is 10.2. The summed E-state index contributed by atoms with van der Waals surface area (Å²) < 4.78 is 0. The van der Waals surface area contributed by atoms with Crippen molar-refractivity contribution in [3.05, 3.63) is 18.5 Å². The van der Waals surface area contributed by atoms with Gasteiger partial charge in [-0.25, -0.2) is 0 Å². The monoisotopic (exact) mass is 166 g/mol. The Bertz CT molecular complexity index is 248. The van der Waals surface area contributed by atoms with Crippen molar-refractivity contribution >= 4 is 5.69 Å². The van der Waals surface area contributed by atoms with Crippen LogP contribution in [0.4, 0.5) is 5.69 Å². The van der Waals surface area contributed by atoms with Crippen molar-refractivity contribution in [2.24, 2.45) is 5.92 Å². The Hall–Kier alpha value is -1.25. The van der Waals surface area contributed by atoms with Gasteiger partial charge in [0, 0.05) is 12.7 Å². The van der Waals surface area contributed by atoms with Crippen molar-refractivity contribution in [1.29, 1.82) is 0 Å². The summed E-state index contributed by atoms with van der Waals surface area (Å²) in [4.78, 5) is 3.78.